The van der Waals surface area contributed by atoms with Gasteiger partial charge in [0.1, 0.15) is 0 Å². The van der Waals surface area contributed by atoms with E-state index in [4.69, 9.17) is 0 Å². The molecule has 5 nitrogen and oxygen atoms in total. The van der Waals surface area contributed by atoms with E-state index < -0.39 is 10.0 Å². The molecule has 0 aliphatic carbocycles. The molecule has 1 saturated heterocycles. The van der Waals surface area contributed by atoms with Crippen LogP contribution in [0.15, 0.2) is 51.8 Å². The van der Waals surface area contributed by atoms with Gasteiger partial charge in [-0.05, 0) is 67.8 Å². The highest BCUT2D eigenvalue weighted by Gasteiger charge is 2.25. The molecule has 0 aromatic heterocycles. The van der Waals surface area contributed by atoms with Crippen LogP contribution in [0.25, 0.3) is 0 Å². The fraction of sp³-hybridized carbons (Fsp3) is 0.316. The SMILES string of the molecule is Cc1cc(Br)ccc1NC(=O)c1ccc(S(=O)(=O)N2CCCCC2)cc1. The minimum atomic E-state index is -3.48. The van der Waals surface area contributed by atoms with Crippen molar-refractivity contribution in [1.82, 2.24) is 4.31 Å². The summed E-state index contributed by atoms with van der Waals surface area (Å²) in [4.78, 5) is 12.7. The average molecular weight is 437 g/mol. The van der Waals surface area contributed by atoms with Crippen LogP contribution in [0.3, 0.4) is 0 Å². The van der Waals surface area contributed by atoms with Crippen LogP contribution >= 0.6 is 15.9 Å². The van der Waals surface area contributed by atoms with E-state index in [9.17, 15) is 13.2 Å². The minimum absolute atomic E-state index is 0.232. The summed E-state index contributed by atoms with van der Waals surface area (Å²) in [5, 5.41) is 2.86. The molecule has 0 bridgehead atoms. The molecule has 1 amide bonds. The zero-order chi connectivity index (χ0) is 18.7. The van der Waals surface area contributed by atoms with E-state index in [0.29, 0.717) is 18.7 Å². The fourth-order valence-electron chi connectivity index (χ4n) is 2.99. The van der Waals surface area contributed by atoms with Crippen LogP contribution in [0.1, 0.15) is 35.2 Å². The number of sulfonamides is 1. The van der Waals surface area contributed by atoms with Crippen molar-refractivity contribution >= 4 is 37.5 Å². The predicted molar refractivity (Wildman–Crippen MR) is 106 cm³/mol. The minimum Gasteiger partial charge on any atom is -0.322 e. The number of halogens is 1. The van der Waals surface area contributed by atoms with Gasteiger partial charge in [-0.2, -0.15) is 4.31 Å². The number of nitrogens with one attached hydrogen (secondary N) is 1. The number of carbonyl (C=O) groups is 1. The van der Waals surface area contributed by atoms with Gasteiger partial charge in [-0.25, -0.2) is 8.42 Å². The first-order valence-electron chi connectivity index (χ1n) is 8.55. The molecule has 0 unspecified atom stereocenters. The smallest absolute Gasteiger partial charge is 0.255 e. The van der Waals surface area contributed by atoms with E-state index >= 15 is 0 Å². The topological polar surface area (TPSA) is 66.5 Å². The number of aryl methyl sites for hydroxylation is 1. The van der Waals surface area contributed by atoms with Crippen LogP contribution in [0.5, 0.6) is 0 Å². The molecular weight excluding hydrogens is 416 g/mol. The van der Waals surface area contributed by atoms with Crippen molar-refractivity contribution in [3.8, 4) is 0 Å². The first-order chi connectivity index (χ1) is 12.4. The first-order valence-corrected chi connectivity index (χ1v) is 10.8. The number of amides is 1. The second-order valence-corrected chi connectivity index (χ2v) is 9.26. The lowest BCUT2D eigenvalue weighted by Crippen LogP contribution is -2.35. The fourth-order valence-corrected chi connectivity index (χ4v) is 4.99. The Morgan fingerprint density at radius 1 is 1.04 bits per heavy atom. The number of nitrogens with zero attached hydrogens (tertiary/aromatic N) is 1. The number of hydrogen-bond donors (Lipinski definition) is 1. The molecule has 1 aliphatic heterocycles. The summed E-state index contributed by atoms with van der Waals surface area (Å²) in [5.41, 5.74) is 2.09. The number of piperidine rings is 1. The Morgan fingerprint density at radius 3 is 2.31 bits per heavy atom. The van der Waals surface area contributed by atoms with Crippen LogP contribution in [0, 0.1) is 6.92 Å². The molecule has 2 aromatic rings. The maximum atomic E-state index is 12.7. The number of rotatable bonds is 4. The van der Waals surface area contributed by atoms with E-state index in [-0.39, 0.29) is 10.8 Å². The van der Waals surface area contributed by atoms with Crippen molar-refractivity contribution in [2.24, 2.45) is 0 Å². The Kier molecular flexibility index (Phi) is 5.79. The molecular formula is C19H21BrN2O3S. The summed E-state index contributed by atoms with van der Waals surface area (Å²) in [6, 6.07) is 11.7. The lowest BCUT2D eigenvalue weighted by Gasteiger charge is -2.25. The van der Waals surface area contributed by atoms with Crippen molar-refractivity contribution in [3.63, 3.8) is 0 Å². The number of benzene rings is 2. The molecule has 2 aromatic carbocycles. The number of hydrogen-bond acceptors (Lipinski definition) is 3. The van der Waals surface area contributed by atoms with Gasteiger partial charge in [0, 0.05) is 28.8 Å². The van der Waals surface area contributed by atoms with Crippen LogP contribution in [-0.4, -0.2) is 31.7 Å². The second kappa shape index (κ2) is 7.90. The molecule has 3 rings (SSSR count). The number of carbonyl (C=O) groups excluding carboxylic acids is 1. The van der Waals surface area contributed by atoms with E-state index in [1.54, 1.807) is 12.1 Å². The molecule has 7 heteroatoms. The molecule has 0 spiro atoms. The third-order valence-corrected chi connectivity index (χ3v) is 6.91. The molecule has 1 heterocycles. The zero-order valence-corrected chi connectivity index (χ0v) is 16.9. The van der Waals surface area contributed by atoms with Gasteiger partial charge in [-0.15, -0.1) is 0 Å². The van der Waals surface area contributed by atoms with Gasteiger partial charge in [0.15, 0.2) is 0 Å². The highest BCUT2D eigenvalue weighted by atomic mass is 79.9. The summed E-state index contributed by atoms with van der Waals surface area (Å²) in [5.74, 6) is -0.266. The molecule has 1 aliphatic rings. The molecule has 0 saturated carbocycles. The van der Waals surface area contributed by atoms with E-state index in [2.05, 4.69) is 21.2 Å². The highest BCUT2D eigenvalue weighted by molar-refractivity contribution is 9.10. The Labute approximate surface area is 162 Å². The summed E-state index contributed by atoms with van der Waals surface area (Å²) >= 11 is 3.39. The largest absolute Gasteiger partial charge is 0.322 e. The van der Waals surface area contributed by atoms with Crippen molar-refractivity contribution in [1.29, 1.82) is 0 Å². The zero-order valence-electron chi connectivity index (χ0n) is 14.5. The quantitative estimate of drug-likeness (QED) is 0.781. The monoisotopic (exact) mass is 436 g/mol. The van der Waals surface area contributed by atoms with Gasteiger partial charge < -0.3 is 5.32 Å². The number of anilines is 1. The summed E-state index contributed by atoms with van der Waals surface area (Å²) in [6.45, 7) is 3.04. The van der Waals surface area contributed by atoms with Crippen molar-refractivity contribution in [3.05, 3.63) is 58.1 Å². The molecule has 1 N–H and O–H groups in total. The van der Waals surface area contributed by atoms with E-state index in [1.807, 2.05) is 25.1 Å². The average Bonchev–Trinajstić information content (AvgIpc) is 2.65. The first kappa shape index (κ1) is 19.1. The van der Waals surface area contributed by atoms with Gasteiger partial charge in [0.25, 0.3) is 5.91 Å². The summed E-state index contributed by atoms with van der Waals surface area (Å²) in [6.07, 6.45) is 2.86. The predicted octanol–water partition coefficient (Wildman–Crippen LogP) is 4.18. The Morgan fingerprint density at radius 2 is 1.69 bits per heavy atom. The molecule has 1 fully saturated rings. The van der Waals surface area contributed by atoms with Crippen molar-refractivity contribution in [2.45, 2.75) is 31.1 Å². The second-order valence-electron chi connectivity index (χ2n) is 6.40. The van der Waals surface area contributed by atoms with Gasteiger partial charge in [-0.1, -0.05) is 22.4 Å². The summed E-state index contributed by atoms with van der Waals surface area (Å²) < 4.78 is 27.8. The molecule has 138 valence electrons. The Balaban J connectivity index is 1.75. The third-order valence-electron chi connectivity index (χ3n) is 4.51. The van der Waals surface area contributed by atoms with E-state index in [0.717, 1.165) is 35.0 Å². The third kappa shape index (κ3) is 4.16. The van der Waals surface area contributed by atoms with Gasteiger partial charge in [-0.3, -0.25) is 4.79 Å². The van der Waals surface area contributed by atoms with Crippen LogP contribution in [0.2, 0.25) is 0 Å². The Bertz CT molecular complexity index is 905. The van der Waals surface area contributed by atoms with Gasteiger partial charge in [0.05, 0.1) is 4.90 Å². The van der Waals surface area contributed by atoms with Crippen LogP contribution < -0.4 is 5.32 Å². The van der Waals surface area contributed by atoms with Crippen LogP contribution in [0.4, 0.5) is 5.69 Å². The Hall–Kier alpha value is -1.70. The maximum Gasteiger partial charge on any atom is 0.255 e. The molecule has 0 radical (unpaired) electrons. The van der Waals surface area contributed by atoms with Gasteiger partial charge >= 0.3 is 0 Å². The summed E-state index contributed by atoms with van der Waals surface area (Å²) in [7, 11) is -3.48. The van der Waals surface area contributed by atoms with Crippen molar-refractivity contribution < 1.29 is 13.2 Å². The lowest BCUT2D eigenvalue weighted by atomic mass is 10.1. The maximum absolute atomic E-state index is 12.7. The van der Waals surface area contributed by atoms with Gasteiger partial charge in [0.2, 0.25) is 10.0 Å². The van der Waals surface area contributed by atoms with Crippen LogP contribution in [-0.2, 0) is 10.0 Å². The van der Waals surface area contributed by atoms with E-state index in [1.165, 1.54) is 16.4 Å². The van der Waals surface area contributed by atoms with Crippen molar-refractivity contribution in [2.75, 3.05) is 18.4 Å². The standard InChI is InChI=1S/C19H21BrN2O3S/c1-14-13-16(20)7-10-18(14)21-19(23)15-5-8-17(9-6-15)26(24,25)22-11-3-2-4-12-22/h5-10,13H,2-4,11-12H2,1H3,(H,21,23). The molecule has 26 heavy (non-hydrogen) atoms. The molecule has 0 atom stereocenters. The normalized spacial score (nSPS) is 15.6. The highest BCUT2D eigenvalue weighted by Crippen LogP contribution is 2.23. The lowest BCUT2D eigenvalue weighted by molar-refractivity contribution is 0.102.